The van der Waals surface area contributed by atoms with Crippen molar-refractivity contribution in [1.29, 1.82) is 0 Å². The van der Waals surface area contributed by atoms with Crippen molar-refractivity contribution >= 4 is 11.9 Å². The van der Waals surface area contributed by atoms with Crippen LogP contribution in [0.5, 0.6) is 0 Å². The van der Waals surface area contributed by atoms with Crippen LogP contribution in [-0.2, 0) is 24.9 Å². The van der Waals surface area contributed by atoms with E-state index < -0.39 is 5.97 Å². The fourth-order valence-corrected chi connectivity index (χ4v) is 2.66. The van der Waals surface area contributed by atoms with Gasteiger partial charge in [0.25, 0.3) is 0 Å². The molecule has 0 fully saturated rings. The first-order valence-electron chi connectivity index (χ1n) is 8.56. The van der Waals surface area contributed by atoms with E-state index in [0.717, 1.165) is 23.5 Å². The van der Waals surface area contributed by atoms with Crippen LogP contribution in [0.15, 0.2) is 15.5 Å². The fourth-order valence-electron chi connectivity index (χ4n) is 2.66. The van der Waals surface area contributed by atoms with Gasteiger partial charge in [0.2, 0.25) is 0 Å². The van der Waals surface area contributed by atoms with Gasteiger partial charge in [0, 0.05) is 24.8 Å². The van der Waals surface area contributed by atoms with E-state index in [2.05, 4.69) is 20.7 Å². The number of carbonyl (C=O) groups excluding carboxylic acids is 1. The van der Waals surface area contributed by atoms with Crippen LogP contribution in [0.2, 0.25) is 0 Å². The van der Waals surface area contributed by atoms with Crippen molar-refractivity contribution in [3.8, 4) is 0 Å². The third-order valence-corrected chi connectivity index (χ3v) is 4.20. The van der Waals surface area contributed by atoms with Gasteiger partial charge in [-0.05, 0) is 33.8 Å². The number of rotatable bonds is 6. The zero-order valence-corrected chi connectivity index (χ0v) is 16.3. The van der Waals surface area contributed by atoms with E-state index in [1.807, 2.05) is 32.5 Å². The Kier molecular flexibility index (Phi) is 6.43. The summed E-state index contributed by atoms with van der Waals surface area (Å²) in [5.74, 6) is 1.45. The first kappa shape index (κ1) is 19.6. The minimum absolute atomic E-state index is 0.402. The van der Waals surface area contributed by atoms with Gasteiger partial charge in [-0.15, -0.1) is 0 Å². The van der Waals surface area contributed by atoms with Crippen molar-refractivity contribution < 1.29 is 13.9 Å². The molecular weight excluding hydrogens is 334 g/mol. The molecule has 2 aromatic heterocycles. The van der Waals surface area contributed by atoms with Crippen molar-refractivity contribution in [2.45, 2.75) is 40.8 Å². The van der Waals surface area contributed by atoms with Crippen LogP contribution in [0, 0.1) is 20.8 Å². The maximum absolute atomic E-state index is 11.7. The SMILES string of the molecule is CCNC(=NCc1c(C)nn(C)c1C)NCc1cc(C(=O)OC)c(C)o1. The van der Waals surface area contributed by atoms with E-state index in [4.69, 9.17) is 9.15 Å². The van der Waals surface area contributed by atoms with Gasteiger partial charge in [-0.3, -0.25) is 4.68 Å². The summed E-state index contributed by atoms with van der Waals surface area (Å²) in [6, 6.07) is 1.69. The highest BCUT2D eigenvalue weighted by Gasteiger charge is 2.15. The molecule has 0 radical (unpaired) electrons. The van der Waals surface area contributed by atoms with Gasteiger partial charge in [-0.25, -0.2) is 9.79 Å². The van der Waals surface area contributed by atoms with Crippen LogP contribution < -0.4 is 10.6 Å². The molecule has 2 heterocycles. The zero-order valence-electron chi connectivity index (χ0n) is 16.3. The number of furan rings is 1. The summed E-state index contributed by atoms with van der Waals surface area (Å²) >= 11 is 0. The van der Waals surface area contributed by atoms with E-state index in [9.17, 15) is 4.79 Å². The van der Waals surface area contributed by atoms with Gasteiger partial charge in [-0.1, -0.05) is 0 Å². The van der Waals surface area contributed by atoms with Crippen LogP contribution in [0.1, 0.15) is 45.8 Å². The summed E-state index contributed by atoms with van der Waals surface area (Å²) in [6.45, 7) is 9.44. The smallest absolute Gasteiger partial charge is 0.341 e. The van der Waals surface area contributed by atoms with E-state index in [1.54, 1.807) is 13.0 Å². The maximum Gasteiger partial charge on any atom is 0.341 e. The minimum Gasteiger partial charge on any atom is -0.465 e. The highest BCUT2D eigenvalue weighted by Crippen LogP contribution is 2.16. The van der Waals surface area contributed by atoms with Gasteiger partial charge >= 0.3 is 5.97 Å². The van der Waals surface area contributed by atoms with Crippen molar-refractivity contribution in [3.63, 3.8) is 0 Å². The lowest BCUT2D eigenvalue weighted by atomic mass is 10.2. The summed E-state index contributed by atoms with van der Waals surface area (Å²) in [5.41, 5.74) is 3.64. The van der Waals surface area contributed by atoms with Crippen molar-refractivity contribution in [2.24, 2.45) is 12.0 Å². The number of guanidine groups is 1. The Hall–Kier alpha value is -2.77. The molecule has 0 saturated heterocycles. The topological polar surface area (TPSA) is 93.7 Å². The fraction of sp³-hybridized carbons (Fsp3) is 0.500. The minimum atomic E-state index is -0.402. The Morgan fingerprint density at radius 3 is 2.65 bits per heavy atom. The first-order chi connectivity index (χ1) is 12.4. The standard InChI is InChI=1S/C18H27N5O3/c1-7-19-18(21-10-16-11(2)22-23(5)12(16)3)20-9-14-8-15(13(4)26-14)17(24)25-6/h8H,7,9-10H2,1-6H3,(H2,19,20,21). The lowest BCUT2D eigenvalue weighted by Crippen LogP contribution is -2.36. The molecule has 2 N–H and O–H groups in total. The molecule has 0 aliphatic heterocycles. The number of aromatic nitrogens is 2. The average Bonchev–Trinajstić information content (AvgIpc) is 3.09. The van der Waals surface area contributed by atoms with Crippen LogP contribution in [0.4, 0.5) is 0 Å². The number of aryl methyl sites for hydroxylation is 3. The second-order valence-electron chi connectivity index (χ2n) is 6.00. The number of aliphatic imine (C=N–C) groups is 1. The number of carbonyl (C=O) groups is 1. The molecule has 0 saturated carbocycles. The molecule has 8 heteroatoms. The molecular formula is C18H27N5O3. The number of nitrogens with one attached hydrogen (secondary N) is 2. The molecule has 142 valence electrons. The number of esters is 1. The lowest BCUT2D eigenvalue weighted by Gasteiger charge is -2.10. The van der Waals surface area contributed by atoms with Gasteiger partial charge in [-0.2, -0.15) is 5.10 Å². The molecule has 8 nitrogen and oxygen atoms in total. The molecule has 0 spiro atoms. The summed E-state index contributed by atoms with van der Waals surface area (Å²) in [4.78, 5) is 16.3. The summed E-state index contributed by atoms with van der Waals surface area (Å²) in [6.07, 6.45) is 0. The normalized spacial score (nSPS) is 11.5. The Balaban J connectivity index is 2.07. The number of nitrogens with zero attached hydrogens (tertiary/aromatic N) is 3. The Labute approximate surface area is 153 Å². The van der Waals surface area contributed by atoms with Crippen molar-refractivity contribution in [1.82, 2.24) is 20.4 Å². The highest BCUT2D eigenvalue weighted by molar-refractivity contribution is 5.90. The van der Waals surface area contributed by atoms with Crippen LogP contribution >= 0.6 is 0 Å². The van der Waals surface area contributed by atoms with E-state index in [1.165, 1.54) is 7.11 Å². The third kappa shape index (κ3) is 4.44. The molecule has 0 aliphatic carbocycles. The second-order valence-corrected chi connectivity index (χ2v) is 6.00. The monoisotopic (exact) mass is 361 g/mol. The molecule has 0 unspecified atom stereocenters. The molecule has 0 amide bonds. The van der Waals surface area contributed by atoms with Gasteiger partial charge in [0.05, 0.1) is 25.9 Å². The number of methoxy groups -OCH3 is 1. The largest absolute Gasteiger partial charge is 0.465 e. The molecule has 26 heavy (non-hydrogen) atoms. The average molecular weight is 361 g/mol. The summed E-state index contributed by atoms with van der Waals surface area (Å²) in [7, 11) is 3.28. The zero-order chi connectivity index (χ0) is 19.3. The summed E-state index contributed by atoms with van der Waals surface area (Å²) < 4.78 is 12.2. The van der Waals surface area contributed by atoms with Crippen molar-refractivity contribution in [2.75, 3.05) is 13.7 Å². The number of hydrogen-bond acceptors (Lipinski definition) is 5. The van der Waals surface area contributed by atoms with Crippen LogP contribution in [-0.4, -0.2) is 35.4 Å². The third-order valence-electron chi connectivity index (χ3n) is 4.20. The van der Waals surface area contributed by atoms with Crippen molar-refractivity contribution in [3.05, 3.63) is 40.1 Å². The van der Waals surface area contributed by atoms with E-state index >= 15 is 0 Å². The van der Waals surface area contributed by atoms with Gasteiger partial charge in [0.15, 0.2) is 5.96 Å². The lowest BCUT2D eigenvalue weighted by molar-refractivity contribution is 0.0599. The highest BCUT2D eigenvalue weighted by atomic mass is 16.5. The summed E-state index contributed by atoms with van der Waals surface area (Å²) in [5, 5.41) is 10.8. The molecule has 0 bridgehead atoms. The van der Waals surface area contributed by atoms with E-state index in [-0.39, 0.29) is 0 Å². The predicted octanol–water partition coefficient (Wildman–Crippen LogP) is 1.98. The van der Waals surface area contributed by atoms with E-state index in [0.29, 0.717) is 36.1 Å². The number of hydrogen-bond donors (Lipinski definition) is 2. The molecule has 0 aliphatic rings. The molecule has 0 aromatic carbocycles. The van der Waals surface area contributed by atoms with Crippen LogP contribution in [0.3, 0.4) is 0 Å². The maximum atomic E-state index is 11.7. The second kappa shape index (κ2) is 8.55. The Bertz CT molecular complexity index is 804. The Morgan fingerprint density at radius 1 is 1.35 bits per heavy atom. The Morgan fingerprint density at radius 2 is 2.08 bits per heavy atom. The van der Waals surface area contributed by atoms with Gasteiger partial charge in [0.1, 0.15) is 17.1 Å². The van der Waals surface area contributed by atoms with Gasteiger partial charge < -0.3 is 19.8 Å². The molecule has 2 rings (SSSR count). The quantitative estimate of drug-likeness (QED) is 0.464. The first-order valence-corrected chi connectivity index (χ1v) is 8.56. The number of ether oxygens (including phenoxy) is 1. The van der Waals surface area contributed by atoms with Crippen LogP contribution in [0.25, 0.3) is 0 Å². The predicted molar refractivity (Wildman–Crippen MR) is 99.1 cm³/mol. The molecule has 2 aromatic rings. The molecule has 0 atom stereocenters.